The Morgan fingerprint density at radius 1 is 1.35 bits per heavy atom. The van der Waals surface area contributed by atoms with Crippen molar-refractivity contribution in [2.45, 2.75) is 25.8 Å². The van der Waals surface area contributed by atoms with Crippen molar-refractivity contribution in [1.82, 2.24) is 14.5 Å². The van der Waals surface area contributed by atoms with Crippen LogP contribution < -0.4 is 5.73 Å². The molecular weight excluding hydrogens is 232 g/mol. The molecule has 0 saturated heterocycles. The van der Waals surface area contributed by atoms with E-state index in [1.165, 1.54) is 29.9 Å². The van der Waals surface area contributed by atoms with Gasteiger partial charge in [0.1, 0.15) is 0 Å². The first-order chi connectivity index (χ1) is 8.33. The number of hydrogen-bond acceptors (Lipinski definition) is 4. The highest BCUT2D eigenvalue weighted by Gasteiger charge is 2.12. The molecule has 0 unspecified atom stereocenters. The van der Waals surface area contributed by atoms with Gasteiger partial charge in [0, 0.05) is 17.6 Å². The first-order valence-corrected chi connectivity index (χ1v) is 6.64. The molecule has 3 rings (SSSR count). The normalized spacial score (nSPS) is 15.3. The highest BCUT2D eigenvalue weighted by Crippen LogP contribution is 2.20. The van der Waals surface area contributed by atoms with Crippen LogP contribution in [-0.2, 0) is 13.0 Å². The minimum Gasteiger partial charge on any atom is -0.375 e. The van der Waals surface area contributed by atoms with E-state index >= 15 is 0 Å². The van der Waals surface area contributed by atoms with E-state index in [9.17, 15) is 0 Å². The van der Waals surface area contributed by atoms with Crippen LogP contribution in [0.2, 0.25) is 0 Å². The zero-order valence-corrected chi connectivity index (χ0v) is 10.3. The van der Waals surface area contributed by atoms with Gasteiger partial charge < -0.3 is 10.3 Å². The predicted octanol–water partition coefficient (Wildman–Crippen LogP) is 2.43. The lowest BCUT2D eigenvalue weighted by molar-refractivity contribution is 0.531. The summed E-state index contributed by atoms with van der Waals surface area (Å²) in [5.74, 6) is 0. The second-order valence-corrected chi connectivity index (χ2v) is 5.06. The predicted molar refractivity (Wildman–Crippen MR) is 70.6 cm³/mol. The molecule has 0 fully saturated rings. The maximum absolute atomic E-state index is 5.59. The van der Waals surface area contributed by atoms with E-state index in [-0.39, 0.29) is 0 Å². The van der Waals surface area contributed by atoms with Crippen LogP contribution in [0, 0.1) is 0 Å². The summed E-state index contributed by atoms with van der Waals surface area (Å²) in [6, 6.07) is 0. The van der Waals surface area contributed by atoms with Crippen molar-refractivity contribution >= 4 is 28.6 Å². The summed E-state index contributed by atoms with van der Waals surface area (Å²) >= 11 is 1.46. The molecule has 2 aromatic rings. The Balaban J connectivity index is 1.85. The Morgan fingerprint density at radius 2 is 2.29 bits per heavy atom. The van der Waals surface area contributed by atoms with E-state index in [1.807, 2.05) is 23.9 Å². The van der Waals surface area contributed by atoms with Crippen LogP contribution in [-0.4, -0.2) is 14.5 Å². The van der Waals surface area contributed by atoms with E-state index in [0.29, 0.717) is 5.13 Å². The monoisotopic (exact) mass is 246 g/mol. The first-order valence-electron chi connectivity index (χ1n) is 5.76. The molecule has 3 heterocycles. The zero-order chi connectivity index (χ0) is 11.7. The van der Waals surface area contributed by atoms with Crippen molar-refractivity contribution in [2.75, 3.05) is 5.73 Å². The Labute approximate surface area is 104 Å². The highest BCUT2D eigenvalue weighted by atomic mass is 32.1. The summed E-state index contributed by atoms with van der Waals surface area (Å²) in [6.45, 7) is 1.10. The summed E-state index contributed by atoms with van der Waals surface area (Å²) < 4.78 is 2.25. The van der Waals surface area contributed by atoms with E-state index < -0.39 is 0 Å². The number of hydrogen-bond donors (Lipinski definition) is 1. The number of aromatic nitrogens is 3. The van der Waals surface area contributed by atoms with E-state index in [1.54, 1.807) is 0 Å². The van der Waals surface area contributed by atoms with Gasteiger partial charge in [0.15, 0.2) is 5.13 Å². The van der Waals surface area contributed by atoms with Crippen LogP contribution in [0.3, 0.4) is 0 Å². The van der Waals surface area contributed by atoms with E-state index in [4.69, 9.17) is 5.73 Å². The Bertz CT molecular complexity index is 553. The highest BCUT2D eigenvalue weighted by molar-refractivity contribution is 7.13. The summed E-state index contributed by atoms with van der Waals surface area (Å²) in [5, 5.41) is 2.56. The number of imidazole rings is 1. The molecule has 5 heteroatoms. The molecule has 0 radical (unpaired) electrons. The van der Waals surface area contributed by atoms with Crippen LogP contribution in [0.1, 0.15) is 29.9 Å². The van der Waals surface area contributed by atoms with E-state index in [0.717, 1.165) is 24.4 Å². The number of nitrogen functional groups attached to an aromatic ring is 1. The maximum atomic E-state index is 5.59. The number of nitrogens with zero attached hydrogens (tertiary/aromatic N) is 3. The Kier molecular flexibility index (Phi) is 2.68. The second kappa shape index (κ2) is 4.33. The van der Waals surface area contributed by atoms with Gasteiger partial charge in [-0.1, -0.05) is 0 Å². The molecule has 1 aliphatic rings. The van der Waals surface area contributed by atoms with Gasteiger partial charge in [-0.15, -0.1) is 11.3 Å². The fourth-order valence-electron chi connectivity index (χ4n) is 2.14. The first kappa shape index (κ1) is 10.5. The third-order valence-electron chi connectivity index (χ3n) is 2.99. The van der Waals surface area contributed by atoms with Crippen LogP contribution in [0.15, 0.2) is 11.7 Å². The van der Waals surface area contributed by atoms with Crippen LogP contribution in [0.25, 0.3) is 12.2 Å². The molecule has 88 valence electrons. The number of nitrogens with two attached hydrogens (primary N) is 1. The lowest BCUT2D eigenvalue weighted by atomic mass is 10.1. The van der Waals surface area contributed by atoms with Gasteiger partial charge in [0.25, 0.3) is 0 Å². The van der Waals surface area contributed by atoms with Crippen molar-refractivity contribution < 1.29 is 0 Å². The minimum absolute atomic E-state index is 0.608. The molecule has 0 bridgehead atoms. The van der Waals surface area contributed by atoms with Crippen LogP contribution in [0.4, 0.5) is 5.13 Å². The van der Waals surface area contributed by atoms with Crippen LogP contribution >= 0.6 is 11.3 Å². The average Bonchev–Trinajstić information content (AvgIpc) is 2.93. The molecule has 0 atom stereocenters. The molecule has 0 saturated carbocycles. The number of thiazole rings is 1. The topological polar surface area (TPSA) is 56.7 Å². The molecule has 0 spiro atoms. The molecule has 2 aromatic heterocycles. The van der Waals surface area contributed by atoms with Crippen LogP contribution in [0.5, 0.6) is 0 Å². The average molecular weight is 246 g/mol. The van der Waals surface area contributed by atoms with Gasteiger partial charge in [-0.25, -0.2) is 9.97 Å². The number of rotatable bonds is 2. The molecule has 4 nitrogen and oxygen atoms in total. The SMILES string of the molecule is Nc1nc(/C=C/c2ncn3c2CCCC3)cs1. The number of fused-ring (bicyclic) bond motifs is 1. The second-order valence-electron chi connectivity index (χ2n) is 4.17. The molecule has 2 N–H and O–H groups in total. The van der Waals surface area contributed by atoms with Gasteiger partial charge in [0.2, 0.25) is 0 Å². The standard InChI is InChI=1S/C12H14N4S/c13-12-15-9(7-17-12)4-5-10-11-3-1-2-6-16(11)8-14-10/h4-5,7-8H,1-3,6H2,(H2,13,15)/b5-4+. The largest absolute Gasteiger partial charge is 0.375 e. The van der Waals surface area contributed by atoms with Gasteiger partial charge in [-0.3, -0.25) is 0 Å². The fourth-order valence-corrected chi connectivity index (χ4v) is 2.67. The maximum Gasteiger partial charge on any atom is 0.180 e. The van der Waals surface area contributed by atoms with Crippen molar-refractivity contribution in [3.8, 4) is 0 Å². The number of anilines is 1. The molecular formula is C12H14N4S. The molecule has 17 heavy (non-hydrogen) atoms. The molecule has 1 aliphatic heterocycles. The van der Waals surface area contributed by atoms with Crippen molar-refractivity contribution in [1.29, 1.82) is 0 Å². The third kappa shape index (κ3) is 2.10. The van der Waals surface area contributed by atoms with Gasteiger partial charge in [-0.2, -0.15) is 0 Å². The van der Waals surface area contributed by atoms with E-state index in [2.05, 4.69) is 14.5 Å². The summed E-state index contributed by atoms with van der Waals surface area (Å²) in [6.07, 6.45) is 9.59. The number of aryl methyl sites for hydroxylation is 1. The minimum atomic E-state index is 0.608. The lowest BCUT2D eigenvalue weighted by Gasteiger charge is -2.13. The van der Waals surface area contributed by atoms with Gasteiger partial charge >= 0.3 is 0 Å². The van der Waals surface area contributed by atoms with Gasteiger partial charge in [0.05, 0.1) is 17.7 Å². The Morgan fingerprint density at radius 3 is 3.12 bits per heavy atom. The Hall–Kier alpha value is -1.62. The van der Waals surface area contributed by atoms with Gasteiger partial charge in [-0.05, 0) is 31.4 Å². The zero-order valence-electron chi connectivity index (χ0n) is 9.47. The quantitative estimate of drug-likeness (QED) is 0.885. The van der Waals surface area contributed by atoms with Crippen molar-refractivity contribution in [3.63, 3.8) is 0 Å². The summed E-state index contributed by atoms with van der Waals surface area (Å²) in [4.78, 5) is 8.64. The van der Waals surface area contributed by atoms with Crippen molar-refractivity contribution in [2.24, 2.45) is 0 Å². The molecule has 0 aromatic carbocycles. The molecule has 0 amide bonds. The third-order valence-corrected chi connectivity index (χ3v) is 3.68. The lowest BCUT2D eigenvalue weighted by Crippen LogP contribution is -2.09. The smallest absolute Gasteiger partial charge is 0.180 e. The summed E-state index contributed by atoms with van der Waals surface area (Å²) in [7, 11) is 0. The fraction of sp³-hybridized carbons (Fsp3) is 0.333. The molecule has 0 aliphatic carbocycles. The summed E-state index contributed by atoms with van der Waals surface area (Å²) in [5.41, 5.74) is 8.91. The van der Waals surface area contributed by atoms with Crippen molar-refractivity contribution in [3.05, 3.63) is 28.8 Å².